The largest absolute Gasteiger partial charge is 0.368 e. The molecule has 10 nitrogen and oxygen atoms in total. The molecular formula is C21H29N5O5. The lowest BCUT2D eigenvalue weighted by Crippen LogP contribution is -2.61. The number of benzene rings is 1. The van der Waals surface area contributed by atoms with Gasteiger partial charge in [0.15, 0.2) is 0 Å². The predicted octanol–water partition coefficient (Wildman–Crippen LogP) is 1.16. The fraction of sp³-hybridized carbons (Fsp3) is 0.619. The molecule has 168 valence electrons. The second kappa shape index (κ2) is 8.08. The number of non-ortho nitro benzene ring substituents is 1. The third-order valence-corrected chi connectivity index (χ3v) is 7.07. The van der Waals surface area contributed by atoms with Gasteiger partial charge in [0.25, 0.3) is 5.69 Å². The van der Waals surface area contributed by atoms with E-state index >= 15 is 0 Å². The molecule has 31 heavy (non-hydrogen) atoms. The molecular weight excluding hydrogens is 402 g/mol. The first-order valence-electron chi connectivity index (χ1n) is 10.7. The molecule has 10 heteroatoms. The van der Waals surface area contributed by atoms with Crippen molar-refractivity contribution >= 4 is 23.2 Å². The van der Waals surface area contributed by atoms with Crippen LogP contribution in [0.5, 0.6) is 0 Å². The van der Waals surface area contributed by atoms with Crippen LogP contribution in [0, 0.1) is 28.4 Å². The van der Waals surface area contributed by atoms with Crippen molar-refractivity contribution in [3.8, 4) is 0 Å². The SMILES string of the molecule is Cc1cc([N+](=O)[O-])ccc1N1CCN(C(=O)[C@@H]2[C@@H](C(=O)NO)CC3(CC3)CN2C)CC1. The molecule has 4 rings (SSSR count). The first-order valence-corrected chi connectivity index (χ1v) is 10.7. The Morgan fingerprint density at radius 1 is 1.23 bits per heavy atom. The average molecular weight is 431 g/mol. The number of nitro benzene ring substituents is 1. The van der Waals surface area contributed by atoms with E-state index < -0.39 is 22.8 Å². The molecule has 2 atom stereocenters. The van der Waals surface area contributed by atoms with Crippen LogP contribution >= 0.6 is 0 Å². The van der Waals surface area contributed by atoms with E-state index in [2.05, 4.69) is 4.90 Å². The molecule has 1 aromatic rings. The van der Waals surface area contributed by atoms with Crippen LogP contribution < -0.4 is 10.4 Å². The predicted molar refractivity (Wildman–Crippen MR) is 113 cm³/mol. The van der Waals surface area contributed by atoms with Gasteiger partial charge in [-0.2, -0.15) is 0 Å². The lowest BCUT2D eigenvalue weighted by molar-refractivity contribution is -0.384. The monoisotopic (exact) mass is 431 g/mol. The molecule has 1 saturated carbocycles. The maximum absolute atomic E-state index is 13.4. The Bertz CT molecular complexity index is 894. The number of amides is 2. The summed E-state index contributed by atoms with van der Waals surface area (Å²) in [5.41, 5.74) is 3.70. The minimum atomic E-state index is -0.578. The summed E-state index contributed by atoms with van der Waals surface area (Å²) in [5.74, 6) is -1.13. The second-order valence-electron chi connectivity index (χ2n) is 9.19. The molecule has 3 aliphatic rings. The topological polar surface area (TPSA) is 119 Å². The number of carbonyl (C=O) groups excluding carboxylic acids is 2. The number of rotatable bonds is 4. The number of nitrogens with zero attached hydrogens (tertiary/aromatic N) is 4. The number of nitrogens with one attached hydrogen (secondary N) is 1. The highest BCUT2D eigenvalue weighted by molar-refractivity contribution is 5.90. The van der Waals surface area contributed by atoms with Crippen molar-refractivity contribution < 1.29 is 19.7 Å². The van der Waals surface area contributed by atoms with Gasteiger partial charge < -0.3 is 9.80 Å². The Morgan fingerprint density at radius 3 is 2.45 bits per heavy atom. The number of likely N-dealkylation sites (tertiary alicyclic amines) is 1. The average Bonchev–Trinajstić information content (AvgIpc) is 3.50. The number of hydrogen-bond donors (Lipinski definition) is 2. The molecule has 2 heterocycles. The molecule has 3 fully saturated rings. The molecule has 2 amide bonds. The van der Waals surface area contributed by atoms with Gasteiger partial charge in [-0.3, -0.25) is 29.8 Å². The highest BCUT2D eigenvalue weighted by atomic mass is 16.6. The highest BCUT2D eigenvalue weighted by Gasteiger charge is 2.55. The van der Waals surface area contributed by atoms with Crippen molar-refractivity contribution in [1.82, 2.24) is 15.3 Å². The Balaban J connectivity index is 1.44. The molecule has 2 N–H and O–H groups in total. The highest BCUT2D eigenvalue weighted by Crippen LogP contribution is 2.54. The van der Waals surface area contributed by atoms with Gasteiger partial charge in [0.2, 0.25) is 11.8 Å². The first-order chi connectivity index (χ1) is 14.7. The zero-order valence-electron chi connectivity index (χ0n) is 17.9. The van der Waals surface area contributed by atoms with Crippen molar-refractivity contribution in [1.29, 1.82) is 0 Å². The minimum absolute atomic E-state index is 0.0667. The Labute approximate surface area is 180 Å². The fourth-order valence-corrected chi connectivity index (χ4v) is 5.26. The van der Waals surface area contributed by atoms with Gasteiger partial charge in [-0.15, -0.1) is 0 Å². The van der Waals surface area contributed by atoms with Crippen molar-refractivity contribution in [2.45, 2.75) is 32.2 Å². The van der Waals surface area contributed by atoms with Crippen LogP contribution in [0.4, 0.5) is 11.4 Å². The number of piperazine rings is 1. The van der Waals surface area contributed by atoms with E-state index in [4.69, 9.17) is 0 Å². The van der Waals surface area contributed by atoms with Gasteiger partial charge >= 0.3 is 0 Å². The van der Waals surface area contributed by atoms with E-state index in [0.717, 1.165) is 30.6 Å². The normalized spacial score (nSPS) is 25.4. The number of nitro groups is 1. The second-order valence-corrected chi connectivity index (χ2v) is 9.19. The summed E-state index contributed by atoms with van der Waals surface area (Å²) in [5, 5.41) is 20.2. The number of hydroxylamine groups is 1. The van der Waals surface area contributed by atoms with Crippen LogP contribution in [-0.4, -0.2) is 77.6 Å². The molecule has 0 radical (unpaired) electrons. The maximum Gasteiger partial charge on any atom is 0.269 e. The third-order valence-electron chi connectivity index (χ3n) is 7.07. The molecule has 0 aromatic heterocycles. The van der Waals surface area contributed by atoms with Gasteiger partial charge in [0.1, 0.15) is 6.04 Å². The zero-order valence-corrected chi connectivity index (χ0v) is 17.9. The van der Waals surface area contributed by atoms with Crippen LogP contribution in [-0.2, 0) is 9.59 Å². The molecule has 1 aromatic carbocycles. The molecule has 1 spiro atoms. The standard InChI is InChI=1S/C21H29N5O5/c1-14-11-15(26(30)31)3-4-17(14)24-7-9-25(10-8-24)20(28)18-16(19(27)22-29)12-21(5-6-21)13-23(18)2/h3-4,11,16,18,29H,5-10,12-13H2,1-2H3,(H,22,27)/t16-,18-/m0/s1. The molecule has 2 saturated heterocycles. The Kier molecular flexibility index (Phi) is 5.61. The Morgan fingerprint density at radius 2 is 1.90 bits per heavy atom. The van der Waals surface area contributed by atoms with Crippen molar-refractivity contribution in [2.75, 3.05) is 44.7 Å². The van der Waals surface area contributed by atoms with E-state index in [1.807, 2.05) is 18.9 Å². The lowest BCUT2D eigenvalue weighted by Gasteiger charge is -2.45. The van der Waals surface area contributed by atoms with Gasteiger partial charge in [-0.25, -0.2) is 5.48 Å². The van der Waals surface area contributed by atoms with Gasteiger partial charge in [0, 0.05) is 50.5 Å². The maximum atomic E-state index is 13.4. The summed E-state index contributed by atoms with van der Waals surface area (Å²) in [6.07, 6.45) is 2.74. The van der Waals surface area contributed by atoms with Gasteiger partial charge in [-0.1, -0.05) is 0 Å². The summed E-state index contributed by atoms with van der Waals surface area (Å²) in [7, 11) is 1.88. The van der Waals surface area contributed by atoms with Crippen LogP contribution in [0.3, 0.4) is 0 Å². The summed E-state index contributed by atoms with van der Waals surface area (Å²) in [6, 6.07) is 4.25. The quantitative estimate of drug-likeness (QED) is 0.417. The number of hydrogen-bond acceptors (Lipinski definition) is 7. The van der Waals surface area contributed by atoms with Gasteiger partial charge in [-0.05, 0) is 50.3 Å². The molecule has 0 unspecified atom stereocenters. The van der Waals surface area contributed by atoms with E-state index in [1.165, 1.54) is 6.07 Å². The number of likely N-dealkylation sites (N-methyl/N-ethyl adjacent to an activating group) is 1. The number of anilines is 1. The minimum Gasteiger partial charge on any atom is -0.368 e. The number of aryl methyl sites for hydroxylation is 1. The van der Waals surface area contributed by atoms with Crippen molar-refractivity contribution in [2.24, 2.45) is 11.3 Å². The van der Waals surface area contributed by atoms with Crippen LogP contribution in [0.25, 0.3) is 0 Å². The van der Waals surface area contributed by atoms with E-state index in [9.17, 15) is 24.9 Å². The summed E-state index contributed by atoms with van der Waals surface area (Å²) in [4.78, 5) is 42.2. The summed E-state index contributed by atoms with van der Waals surface area (Å²) in [6.45, 7) is 4.89. The summed E-state index contributed by atoms with van der Waals surface area (Å²) < 4.78 is 0. The fourth-order valence-electron chi connectivity index (χ4n) is 5.26. The lowest BCUT2D eigenvalue weighted by atomic mass is 9.80. The summed E-state index contributed by atoms with van der Waals surface area (Å²) >= 11 is 0. The van der Waals surface area contributed by atoms with Crippen LogP contribution in [0.1, 0.15) is 24.8 Å². The van der Waals surface area contributed by atoms with Crippen LogP contribution in [0.15, 0.2) is 18.2 Å². The molecule has 0 bridgehead atoms. The van der Waals surface area contributed by atoms with E-state index in [0.29, 0.717) is 32.6 Å². The van der Waals surface area contributed by atoms with Crippen molar-refractivity contribution in [3.63, 3.8) is 0 Å². The first kappa shape index (κ1) is 21.5. The van der Waals surface area contributed by atoms with E-state index in [-0.39, 0.29) is 17.0 Å². The number of carbonyl (C=O) groups is 2. The molecule has 2 aliphatic heterocycles. The third kappa shape index (κ3) is 4.09. The smallest absolute Gasteiger partial charge is 0.269 e. The van der Waals surface area contributed by atoms with Crippen LogP contribution in [0.2, 0.25) is 0 Å². The van der Waals surface area contributed by atoms with Gasteiger partial charge in [0.05, 0.1) is 10.8 Å². The zero-order chi connectivity index (χ0) is 22.3. The number of piperidine rings is 1. The van der Waals surface area contributed by atoms with E-state index in [1.54, 1.807) is 22.5 Å². The van der Waals surface area contributed by atoms with Crippen molar-refractivity contribution in [3.05, 3.63) is 33.9 Å². The Hall–Kier alpha value is -2.72. The molecule has 1 aliphatic carbocycles.